The van der Waals surface area contributed by atoms with Crippen LogP contribution in [0.3, 0.4) is 0 Å². The number of halogens is 2. The topological polar surface area (TPSA) is 87.5 Å². The van der Waals surface area contributed by atoms with E-state index in [9.17, 15) is 13.6 Å². The van der Waals surface area contributed by atoms with Crippen LogP contribution in [0.25, 0.3) is 5.65 Å². The van der Waals surface area contributed by atoms with Crippen molar-refractivity contribution in [3.05, 3.63) is 48.0 Å². The third-order valence-corrected chi connectivity index (χ3v) is 4.29. The van der Waals surface area contributed by atoms with E-state index in [1.54, 1.807) is 18.3 Å². The Balaban J connectivity index is 1.61. The lowest BCUT2D eigenvalue weighted by Crippen LogP contribution is -2.44. The van der Waals surface area contributed by atoms with Crippen LogP contribution < -0.4 is 15.5 Å². The van der Waals surface area contributed by atoms with Gasteiger partial charge in [0, 0.05) is 44.6 Å². The van der Waals surface area contributed by atoms with Crippen LogP contribution in [-0.4, -0.2) is 51.7 Å². The van der Waals surface area contributed by atoms with Crippen LogP contribution >= 0.6 is 0 Å². The van der Waals surface area contributed by atoms with Gasteiger partial charge in [0.25, 0.3) is 12.3 Å². The molecule has 0 atom stereocenters. The zero-order valence-corrected chi connectivity index (χ0v) is 14.3. The first-order valence-corrected chi connectivity index (χ1v) is 8.48. The number of rotatable bonds is 4. The number of nitrogens with one attached hydrogen (secondary N) is 2. The third kappa shape index (κ3) is 3.43. The van der Waals surface area contributed by atoms with E-state index >= 15 is 0 Å². The monoisotopic (exact) mass is 373 g/mol. The molecule has 1 aliphatic heterocycles. The van der Waals surface area contributed by atoms with Gasteiger partial charge < -0.3 is 15.5 Å². The minimum Gasteiger partial charge on any atom is -0.352 e. The molecular weight excluding hydrogens is 356 g/mol. The summed E-state index contributed by atoms with van der Waals surface area (Å²) in [7, 11) is 0. The molecule has 4 heterocycles. The fraction of sp³-hybridized carbons (Fsp3) is 0.294. The number of carbonyl (C=O) groups is 1. The predicted molar refractivity (Wildman–Crippen MR) is 95.2 cm³/mol. The lowest BCUT2D eigenvalue weighted by molar-refractivity contribution is 0.102. The van der Waals surface area contributed by atoms with E-state index in [0.29, 0.717) is 11.5 Å². The fourth-order valence-corrected chi connectivity index (χ4v) is 3.00. The summed E-state index contributed by atoms with van der Waals surface area (Å²) >= 11 is 0. The molecule has 27 heavy (non-hydrogen) atoms. The van der Waals surface area contributed by atoms with Gasteiger partial charge in [-0.15, -0.1) is 0 Å². The maximum atomic E-state index is 13.1. The second-order valence-electron chi connectivity index (χ2n) is 6.04. The van der Waals surface area contributed by atoms with Crippen molar-refractivity contribution in [1.82, 2.24) is 24.9 Å². The predicted octanol–water partition coefficient (Wildman–Crippen LogP) is 1.72. The zero-order chi connectivity index (χ0) is 18.8. The number of alkyl halides is 2. The highest BCUT2D eigenvalue weighted by molar-refractivity contribution is 6.04. The minimum atomic E-state index is -2.72. The van der Waals surface area contributed by atoms with Crippen molar-refractivity contribution in [3.63, 3.8) is 0 Å². The van der Waals surface area contributed by atoms with Gasteiger partial charge in [-0.3, -0.25) is 4.79 Å². The van der Waals surface area contributed by atoms with Crippen LogP contribution in [0.1, 0.15) is 22.6 Å². The third-order valence-electron chi connectivity index (χ3n) is 4.29. The van der Waals surface area contributed by atoms with Crippen molar-refractivity contribution in [1.29, 1.82) is 0 Å². The van der Waals surface area contributed by atoms with E-state index in [1.807, 2.05) is 0 Å². The lowest BCUT2D eigenvalue weighted by atomic mass is 10.3. The van der Waals surface area contributed by atoms with Crippen molar-refractivity contribution in [2.75, 3.05) is 36.4 Å². The minimum absolute atomic E-state index is 0.00529. The molecule has 1 fully saturated rings. The van der Waals surface area contributed by atoms with Gasteiger partial charge in [0.15, 0.2) is 17.2 Å². The van der Waals surface area contributed by atoms with Crippen molar-refractivity contribution >= 4 is 23.1 Å². The summed E-state index contributed by atoms with van der Waals surface area (Å²) < 4.78 is 27.2. The average Bonchev–Trinajstić information content (AvgIpc) is 3.13. The molecule has 0 radical (unpaired) electrons. The van der Waals surface area contributed by atoms with Gasteiger partial charge in [-0.25, -0.2) is 23.3 Å². The van der Waals surface area contributed by atoms with Gasteiger partial charge in [-0.1, -0.05) is 0 Å². The molecule has 4 rings (SSSR count). The first-order chi connectivity index (χ1) is 13.1. The summed E-state index contributed by atoms with van der Waals surface area (Å²) in [6, 6.07) is 6.03. The highest BCUT2D eigenvalue weighted by Gasteiger charge is 2.20. The smallest absolute Gasteiger partial charge is 0.280 e. The number of fused-ring (bicyclic) bond motifs is 1. The largest absolute Gasteiger partial charge is 0.352 e. The van der Waals surface area contributed by atoms with E-state index in [2.05, 4.69) is 30.6 Å². The van der Waals surface area contributed by atoms with Crippen LogP contribution in [0.5, 0.6) is 0 Å². The Hall–Kier alpha value is -3.14. The van der Waals surface area contributed by atoms with Gasteiger partial charge in [-0.05, 0) is 18.2 Å². The van der Waals surface area contributed by atoms with Crippen LogP contribution in [0, 0.1) is 0 Å². The van der Waals surface area contributed by atoms with Gasteiger partial charge in [0.2, 0.25) is 0 Å². The molecule has 2 N–H and O–H groups in total. The second kappa shape index (κ2) is 7.23. The Morgan fingerprint density at radius 1 is 1.19 bits per heavy atom. The average molecular weight is 373 g/mol. The fourth-order valence-electron chi connectivity index (χ4n) is 3.00. The molecule has 0 unspecified atom stereocenters. The Labute approximate surface area is 153 Å². The molecular formula is C17H17F2N7O. The van der Waals surface area contributed by atoms with E-state index in [4.69, 9.17) is 0 Å². The maximum absolute atomic E-state index is 13.1. The van der Waals surface area contributed by atoms with E-state index in [0.717, 1.165) is 30.7 Å². The first-order valence-electron chi connectivity index (χ1n) is 8.48. The molecule has 140 valence electrons. The molecule has 3 aromatic rings. The molecule has 0 spiro atoms. The molecule has 10 heteroatoms. The number of carbonyl (C=O) groups excluding carboxylic acids is 1. The summed E-state index contributed by atoms with van der Waals surface area (Å²) in [5.74, 6) is 0.160. The highest BCUT2D eigenvalue weighted by Crippen LogP contribution is 2.24. The summed E-state index contributed by atoms with van der Waals surface area (Å²) in [6.45, 7) is 3.21. The lowest BCUT2D eigenvalue weighted by Gasteiger charge is -2.29. The van der Waals surface area contributed by atoms with Crippen molar-refractivity contribution < 1.29 is 13.6 Å². The number of nitrogens with zero attached hydrogens (tertiary/aromatic N) is 5. The van der Waals surface area contributed by atoms with Gasteiger partial charge in [0.05, 0.1) is 5.69 Å². The molecule has 1 saturated heterocycles. The van der Waals surface area contributed by atoms with Crippen LogP contribution in [-0.2, 0) is 0 Å². The number of anilines is 2. The van der Waals surface area contributed by atoms with Gasteiger partial charge >= 0.3 is 0 Å². The molecule has 0 bridgehead atoms. The number of piperazine rings is 1. The quantitative estimate of drug-likeness (QED) is 0.724. The van der Waals surface area contributed by atoms with Crippen molar-refractivity contribution in [2.45, 2.75) is 6.43 Å². The van der Waals surface area contributed by atoms with Crippen molar-refractivity contribution in [3.8, 4) is 0 Å². The van der Waals surface area contributed by atoms with E-state index in [-0.39, 0.29) is 17.0 Å². The Morgan fingerprint density at radius 2 is 2.00 bits per heavy atom. The molecule has 1 amide bonds. The van der Waals surface area contributed by atoms with Gasteiger partial charge in [0.1, 0.15) is 5.69 Å². The summed E-state index contributed by atoms with van der Waals surface area (Å²) in [5.41, 5.74) is 0.419. The van der Waals surface area contributed by atoms with E-state index < -0.39 is 12.3 Å². The zero-order valence-electron chi connectivity index (χ0n) is 14.3. The molecule has 0 aliphatic carbocycles. The maximum Gasteiger partial charge on any atom is 0.280 e. The number of amides is 1. The summed E-state index contributed by atoms with van der Waals surface area (Å²) in [4.78, 5) is 23.1. The van der Waals surface area contributed by atoms with Crippen molar-refractivity contribution in [2.24, 2.45) is 0 Å². The first kappa shape index (κ1) is 17.3. The van der Waals surface area contributed by atoms with Gasteiger partial charge in [-0.2, -0.15) is 5.10 Å². The molecule has 8 nitrogen and oxygen atoms in total. The molecule has 1 aliphatic rings. The molecule has 0 saturated carbocycles. The Morgan fingerprint density at radius 3 is 2.78 bits per heavy atom. The number of hydrogen-bond donors (Lipinski definition) is 2. The summed E-state index contributed by atoms with van der Waals surface area (Å²) in [5, 5.41) is 10.0. The number of pyridine rings is 1. The van der Waals surface area contributed by atoms with E-state index in [1.165, 1.54) is 18.3 Å². The summed E-state index contributed by atoms with van der Waals surface area (Å²) in [6.07, 6.45) is 0.213. The Bertz CT molecular complexity index is 969. The molecule has 3 aromatic heterocycles. The standard InChI is InChI=1S/C17H17F2N7O/c18-15(19)13-3-5-21-14-10-12(24-26(13)14)17(27)23-11-2-1-4-22-16(11)25-8-6-20-7-9-25/h1-5,10,15,20H,6-9H2,(H,23,27). The SMILES string of the molecule is O=C(Nc1cccnc1N1CCNCC1)c1cc2nccc(C(F)F)n2n1. The van der Waals surface area contributed by atoms with Crippen LogP contribution in [0.2, 0.25) is 0 Å². The second-order valence-corrected chi connectivity index (χ2v) is 6.04. The van der Waals surface area contributed by atoms with Crippen LogP contribution in [0.15, 0.2) is 36.7 Å². The normalized spacial score (nSPS) is 14.7. The Kier molecular flexibility index (Phi) is 4.63. The van der Waals surface area contributed by atoms with Crippen LogP contribution in [0.4, 0.5) is 20.3 Å². The molecule has 0 aromatic carbocycles. The highest BCUT2D eigenvalue weighted by atomic mass is 19.3. The number of aromatic nitrogens is 4. The number of hydrogen-bond acceptors (Lipinski definition) is 6.